The quantitative estimate of drug-likeness (QED) is 0.605. The number of hydrogen-bond acceptors (Lipinski definition) is 1. The molecule has 0 bridgehead atoms. The van der Waals surface area contributed by atoms with E-state index in [9.17, 15) is 13.2 Å². The minimum Gasteiger partial charge on any atom is -0.503 e. The predicted octanol–water partition coefficient (Wildman–Crippen LogP) is 2.84. The van der Waals surface area contributed by atoms with Gasteiger partial charge in [0.15, 0.2) is 17.4 Å². The first kappa shape index (κ1) is 10.8. The van der Waals surface area contributed by atoms with Gasteiger partial charge >= 0.3 is 0 Å². The maximum absolute atomic E-state index is 12.1. The van der Waals surface area contributed by atoms with Gasteiger partial charge in [-0.1, -0.05) is 13.8 Å². The predicted molar refractivity (Wildman–Crippen MR) is 39.3 cm³/mol. The second-order valence-electron chi connectivity index (χ2n) is 1.69. The molecular weight excluding hydrogens is 169 g/mol. The number of hydrogen-bond donors (Lipinski definition) is 1. The van der Waals surface area contributed by atoms with Crippen LogP contribution >= 0.6 is 0 Å². The Bertz CT molecular complexity index is 234. The maximum atomic E-state index is 12.1. The normalized spacial score (nSPS) is 8.75. The SMILES string of the molecule is CC.Oc1c(F)ccc(F)c1F. The summed E-state index contributed by atoms with van der Waals surface area (Å²) in [6.07, 6.45) is 0. The second kappa shape index (κ2) is 4.64. The molecule has 0 radical (unpaired) electrons. The van der Waals surface area contributed by atoms with Crippen LogP contribution in [0.5, 0.6) is 5.75 Å². The Labute approximate surface area is 68.5 Å². The van der Waals surface area contributed by atoms with Crippen molar-refractivity contribution in [1.29, 1.82) is 0 Å². The van der Waals surface area contributed by atoms with Crippen LogP contribution in [0.25, 0.3) is 0 Å². The Hall–Kier alpha value is -1.19. The molecule has 1 rings (SSSR count). The lowest BCUT2D eigenvalue weighted by atomic mass is 10.3. The van der Waals surface area contributed by atoms with Crippen molar-refractivity contribution in [3.05, 3.63) is 29.6 Å². The third-order valence-corrected chi connectivity index (χ3v) is 1.02. The minimum absolute atomic E-state index is 0.602. The lowest BCUT2D eigenvalue weighted by Crippen LogP contribution is -1.86. The molecule has 4 heteroatoms. The summed E-state index contributed by atoms with van der Waals surface area (Å²) >= 11 is 0. The summed E-state index contributed by atoms with van der Waals surface area (Å²) in [5.74, 6) is -5.27. The molecule has 12 heavy (non-hydrogen) atoms. The fourth-order valence-electron chi connectivity index (χ4n) is 0.516. The van der Waals surface area contributed by atoms with Crippen LogP contribution in [0, 0.1) is 17.5 Å². The molecule has 0 aliphatic heterocycles. The summed E-state index contributed by atoms with van der Waals surface area (Å²) < 4.78 is 36.3. The highest BCUT2D eigenvalue weighted by atomic mass is 19.2. The average Bonchev–Trinajstić information content (AvgIpc) is 2.12. The van der Waals surface area contributed by atoms with Crippen molar-refractivity contribution in [3.63, 3.8) is 0 Å². The zero-order valence-electron chi connectivity index (χ0n) is 6.74. The Kier molecular flexibility index (Phi) is 4.18. The first-order valence-corrected chi connectivity index (χ1v) is 3.45. The van der Waals surface area contributed by atoms with Crippen molar-refractivity contribution in [2.75, 3.05) is 0 Å². The largest absolute Gasteiger partial charge is 0.503 e. The maximum Gasteiger partial charge on any atom is 0.203 e. The summed E-state index contributed by atoms with van der Waals surface area (Å²) in [6, 6.07) is 1.25. The van der Waals surface area contributed by atoms with E-state index in [1.54, 1.807) is 0 Å². The molecule has 0 aliphatic carbocycles. The molecule has 0 aromatic heterocycles. The van der Waals surface area contributed by atoms with Crippen LogP contribution in [0.1, 0.15) is 13.8 Å². The molecule has 0 aliphatic rings. The van der Waals surface area contributed by atoms with Crippen molar-refractivity contribution in [2.45, 2.75) is 13.8 Å². The van der Waals surface area contributed by atoms with Gasteiger partial charge in [0.05, 0.1) is 0 Å². The summed E-state index contributed by atoms with van der Waals surface area (Å²) in [6.45, 7) is 4.00. The number of rotatable bonds is 0. The molecule has 0 saturated carbocycles. The van der Waals surface area contributed by atoms with Crippen LogP contribution in [0.4, 0.5) is 13.2 Å². The molecule has 0 saturated heterocycles. The molecule has 0 fully saturated rings. The lowest BCUT2D eigenvalue weighted by Gasteiger charge is -1.95. The van der Waals surface area contributed by atoms with E-state index in [4.69, 9.17) is 5.11 Å². The molecular formula is C8H9F3O. The molecule has 1 aromatic carbocycles. The number of phenols is 1. The number of aromatic hydroxyl groups is 1. The molecule has 0 amide bonds. The van der Waals surface area contributed by atoms with Gasteiger partial charge < -0.3 is 5.11 Å². The van der Waals surface area contributed by atoms with Crippen molar-refractivity contribution in [3.8, 4) is 5.75 Å². The van der Waals surface area contributed by atoms with E-state index in [2.05, 4.69) is 0 Å². The third kappa shape index (κ3) is 2.15. The molecule has 68 valence electrons. The third-order valence-electron chi connectivity index (χ3n) is 1.02. The van der Waals surface area contributed by atoms with Gasteiger partial charge in [-0.15, -0.1) is 0 Å². The van der Waals surface area contributed by atoms with Crippen LogP contribution < -0.4 is 0 Å². The van der Waals surface area contributed by atoms with Crippen LogP contribution in [-0.4, -0.2) is 5.11 Å². The Morgan fingerprint density at radius 1 is 1.00 bits per heavy atom. The highest BCUT2D eigenvalue weighted by Crippen LogP contribution is 2.21. The van der Waals surface area contributed by atoms with Gasteiger partial charge in [0, 0.05) is 0 Å². The van der Waals surface area contributed by atoms with Crippen LogP contribution in [0.3, 0.4) is 0 Å². The van der Waals surface area contributed by atoms with Crippen molar-refractivity contribution in [2.24, 2.45) is 0 Å². The van der Waals surface area contributed by atoms with Gasteiger partial charge in [-0.2, -0.15) is 4.39 Å². The molecule has 0 heterocycles. The highest BCUT2D eigenvalue weighted by Gasteiger charge is 2.10. The summed E-state index contributed by atoms with van der Waals surface area (Å²) in [4.78, 5) is 0. The van der Waals surface area contributed by atoms with Gasteiger partial charge in [-0.3, -0.25) is 0 Å². The standard InChI is InChI=1S/C6H3F3O.C2H6/c7-3-1-2-4(8)6(10)5(3)9;1-2/h1-2,10H;1-2H3. The van der Waals surface area contributed by atoms with Crippen LogP contribution in [0.15, 0.2) is 12.1 Å². The van der Waals surface area contributed by atoms with Gasteiger partial charge in [0.1, 0.15) is 0 Å². The summed E-state index contributed by atoms with van der Waals surface area (Å²) in [5.41, 5.74) is 0. The molecule has 0 spiro atoms. The second-order valence-corrected chi connectivity index (χ2v) is 1.69. The molecule has 1 N–H and O–H groups in total. The summed E-state index contributed by atoms with van der Waals surface area (Å²) in [7, 11) is 0. The molecule has 0 unspecified atom stereocenters. The van der Waals surface area contributed by atoms with E-state index in [1.165, 1.54) is 0 Å². The highest BCUT2D eigenvalue weighted by molar-refractivity contribution is 5.25. The zero-order chi connectivity index (χ0) is 9.72. The van der Waals surface area contributed by atoms with Crippen molar-refractivity contribution in [1.82, 2.24) is 0 Å². The van der Waals surface area contributed by atoms with Gasteiger partial charge in [0.2, 0.25) is 5.82 Å². The van der Waals surface area contributed by atoms with Gasteiger partial charge in [-0.25, -0.2) is 8.78 Å². The van der Waals surface area contributed by atoms with Crippen molar-refractivity contribution < 1.29 is 18.3 Å². The number of benzene rings is 1. The minimum atomic E-state index is -1.56. The first-order valence-electron chi connectivity index (χ1n) is 3.45. The van der Waals surface area contributed by atoms with Crippen molar-refractivity contribution >= 4 is 0 Å². The van der Waals surface area contributed by atoms with E-state index in [-0.39, 0.29) is 0 Å². The van der Waals surface area contributed by atoms with E-state index in [0.29, 0.717) is 12.1 Å². The number of phenolic OH excluding ortho intramolecular Hbond substituents is 1. The topological polar surface area (TPSA) is 20.2 Å². The smallest absolute Gasteiger partial charge is 0.203 e. The Morgan fingerprint density at radius 3 is 1.83 bits per heavy atom. The average molecular weight is 178 g/mol. The van der Waals surface area contributed by atoms with E-state index >= 15 is 0 Å². The fourth-order valence-corrected chi connectivity index (χ4v) is 0.516. The number of halogens is 3. The monoisotopic (exact) mass is 178 g/mol. The molecule has 0 atom stereocenters. The van der Waals surface area contributed by atoms with Crippen LogP contribution in [-0.2, 0) is 0 Å². The Morgan fingerprint density at radius 2 is 1.42 bits per heavy atom. The zero-order valence-corrected chi connectivity index (χ0v) is 6.74. The molecule has 1 aromatic rings. The molecule has 1 nitrogen and oxygen atoms in total. The van der Waals surface area contributed by atoms with E-state index < -0.39 is 23.2 Å². The van der Waals surface area contributed by atoms with Gasteiger partial charge in [0.25, 0.3) is 0 Å². The summed E-state index contributed by atoms with van der Waals surface area (Å²) in [5, 5.41) is 8.40. The fraction of sp³-hybridized carbons (Fsp3) is 0.250. The van der Waals surface area contributed by atoms with E-state index in [1.807, 2.05) is 13.8 Å². The Balaban J connectivity index is 0.000000561. The van der Waals surface area contributed by atoms with Crippen LogP contribution in [0.2, 0.25) is 0 Å². The van der Waals surface area contributed by atoms with E-state index in [0.717, 1.165) is 0 Å². The van der Waals surface area contributed by atoms with Gasteiger partial charge in [-0.05, 0) is 12.1 Å². The lowest BCUT2D eigenvalue weighted by molar-refractivity contribution is 0.376. The first-order chi connectivity index (χ1) is 5.63.